The predicted molar refractivity (Wildman–Crippen MR) is 77.8 cm³/mol. The fraction of sp³-hybridized carbons (Fsp3) is 0.385. The van der Waals surface area contributed by atoms with Crippen molar-refractivity contribution in [1.29, 1.82) is 0 Å². The standard InChI is InChI=1S/C13H14N2OS2/c16-12-11(9-10-5-4-8-17-10)18-13(14-12)15-6-2-1-3-7-15/h4-5,8-9H,1-3,6-7H2. The number of amidine groups is 1. The third-order valence-corrected chi connectivity index (χ3v) is 4.92. The SMILES string of the molecule is O=C1N=C(N2CCCCC2)SC1=Cc1cccs1. The van der Waals surface area contributed by atoms with Crippen LogP contribution in [0.15, 0.2) is 27.4 Å². The van der Waals surface area contributed by atoms with Crippen molar-refractivity contribution in [2.45, 2.75) is 19.3 Å². The van der Waals surface area contributed by atoms with E-state index in [9.17, 15) is 4.79 Å². The Morgan fingerprint density at radius 1 is 1.28 bits per heavy atom. The van der Waals surface area contributed by atoms with Crippen LogP contribution in [0.25, 0.3) is 6.08 Å². The number of carbonyl (C=O) groups excluding carboxylic acids is 1. The van der Waals surface area contributed by atoms with Crippen LogP contribution < -0.4 is 0 Å². The molecule has 0 saturated carbocycles. The van der Waals surface area contributed by atoms with Gasteiger partial charge in [-0.2, -0.15) is 4.99 Å². The Bertz CT molecular complexity index is 499. The number of aliphatic imine (C=N–C) groups is 1. The van der Waals surface area contributed by atoms with E-state index in [1.165, 1.54) is 31.0 Å². The van der Waals surface area contributed by atoms with Gasteiger partial charge < -0.3 is 4.90 Å². The highest BCUT2D eigenvalue weighted by Gasteiger charge is 2.26. The summed E-state index contributed by atoms with van der Waals surface area (Å²) in [7, 11) is 0. The van der Waals surface area contributed by atoms with E-state index in [1.807, 2.05) is 23.6 Å². The van der Waals surface area contributed by atoms with Gasteiger partial charge in [-0.1, -0.05) is 6.07 Å². The van der Waals surface area contributed by atoms with Gasteiger partial charge in [0.05, 0.1) is 4.91 Å². The van der Waals surface area contributed by atoms with Gasteiger partial charge in [0, 0.05) is 18.0 Å². The van der Waals surface area contributed by atoms with Crippen LogP contribution in [0.5, 0.6) is 0 Å². The van der Waals surface area contributed by atoms with Crippen molar-refractivity contribution >= 4 is 40.2 Å². The molecule has 0 spiro atoms. The van der Waals surface area contributed by atoms with Crippen molar-refractivity contribution in [2.75, 3.05) is 13.1 Å². The third kappa shape index (κ3) is 2.52. The van der Waals surface area contributed by atoms with Crippen molar-refractivity contribution in [2.24, 2.45) is 4.99 Å². The van der Waals surface area contributed by atoms with Crippen LogP contribution in [0, 0.1) is 0 Å². The van der Waals surface area contributed by atoms with Gasteiger partial charge in [0.1, 0.15) is 0 Å². The number of nitrogens with zero attached hydrogens (tertiary/aromatic N) is 2. The average molecular weight is 278 g/mol. The molecule has 1 amide bonds. The topological polar surface area (TPSA) is 32.7 Å². The number of carbonyl (C=O) groups is 1. The van der Waals surface area contributed by atoms with E-state index in [4.69, 9.17) is 0 Å². The number of piperidine rings is 1. The lowest BCUT2D eigenvalue weighted by Gasteiger charge is -2.27. The number of rotatable bonds is 1. The second kappa shape index (κ2) is 5.28. The summed E-state index contributed by atoms with van der Waals surface area (Å²) >= 11 is 3.16. The van der Waals surface area contributed by atoms with Crippen LogP contribution in [0.3, 0.4) is 0 Å². The fourth-order valence-corrected chi connectivity index (χ4v) is 3.81. The largest absolute Gasteiger partial charge is 0.351 e. The first-order chi connectivity index (χ1) is 8.83. The maximum atomic E-state index is 11.9. The number of hydrogen-bond donors (Lipinski definition) is 0. The van der Waals surface area contributed by atoms with Crippen LogP contribution in [-0.4, -0.2) is 29.1 Å². The smallest absolute Gasteiger partial charge is 0.286 e. The Hall–Kier alpha value is -1.07. The van der Waals surface area contributed by atoms with E-state index >= 15 is 0 Å². The molecule has 1 saturated heterocycles. The second-order valence-electron chi connectivity index (χ2n) is 4.37. The first-order valence-corrected chi connectivity index (χ1v) is 7.83. The van der Waals surface area contributed by atoms with E-state index in [2.05, 4.69) is 9.89 Å². The molecule has 0 atom stereocenters. The lowest BCUT2D eigenvalue weighted by atomic mass is 10.1. The Labute approximate surface area is 115 Å². The van der Waals surface area contributed by atoms with Crippen LogP contribution in [0.1, 0.15) is 24.1 Å². The number of hydrogen-bond acceptors (Lipinski definition) is 4. The van der Waals surface area contributed by atoms with Gasteiger partial charge in [-0.25, -0.2) is 0 Å². The Morgan fingerprint density at radius 2 is 2.11 bits per heavy atom. The highest BCUT2D eigenvalue weighted by Crippen LogP contribution is 2.32. The third-order valence-electron chi connectivity index (χ3n) is 3.05. The summed E-state index contributed by atoms with van der Waals surface area (Å²) in [4.78, 5) is 20.1. The first-order valence-electron chi connectivity index (χ1n) is 6.14. The van der Waals surface area contributed by atoms with Crippen molar-refractivity contribution in [1.82, 2.24) is 4.90 Å². The molecule has 2 aliphatic rings. The average Bonchev–Trinajstić information content (AvgIpc) is 3.02. The fourth-order valence-electron chi connectivity index (χ4n) is 2.12. The van der Waals surface area contributed by atoms with E-state index in [1.54, 1.807) is 11.3 Å². The summed E-state index contributed by atoms with van der Waals surface area (Å²) in [6.45, 7) is 2.07. The van der Waals surface area contributed by atoms with Gasteiger partial charge in [0.2, 0.25) is 0 Å². The molecule has 94 valence electrons. The lowest BCUT2D eigenvalue weighted by molar-refractivity contribution is -0.113. The van der Waals surface area contributed by atoms with Crippen LogP contribution in [0.2, 0.25) is 0 Å². The maximum absolute atomic E-state index is 11.9. The molecule has 5 heteroatoms. The Balaban J connectivity index is 1.74. The Morgan fingerprint density at radius 3 is 2.83 bits per heavy atom. The molecule has 3 heterocycles. The molecule has 0 N–H and O–H groups in total. The second-order valence-corrected chi connectivity index (χ2v) is 6.36. The normalized spacial score (nSPS) is 22.7. The Kier molecular flexibility index (Phi) is 3.52. The van der Waals surface area contributed by atoms with Gasteiger partial charge >= 0.3 is 0 Å². The molecule has 1 aromatic heterocycles. The monoisotopic (exact) mass is 278 g/mol. The molecular formula is C13H14N2OS2. The minimum atomic E-state index is -0.0889. The summed E-state index contributed by atoms with van der Waals surface area (Å²) in [5, 5.41) is 2.91. The zero-order valence-corrected chi connectivity index (χ0v) is 11.6. The van der Waals surface area contributed by atoms with Gasteiger partial charge in [-0.05, 0) is 48.5 Å². The predicted octanol–water partition coefficient (Wildman–Crippen LogP) is 3.20. The van der Waals surface area contributed by atoms with E-state index in [-0.39, 0.29) is 5.91 Å². The van der Waals surface area contributed by atoms with Gasteiger partial charge in [0.15, 0.2) is 5.17 Å². The van der Waals surface area contributed by atoms with E-state index in [0.717, 1.165) is 28.0 Å². The summed E-state index contributed by atoms with van der Waals surface area (Å²) < 4.78 is 0. The number of thioether (sulfide) groups is 1. The number of thiophene rings is 1. The summed E-state index contributed by atoms with van der Waals surface area (Å²) in [6, 6.07) is 4.01. The maximum Gasteiger partial charge on any atom is 0.286 e. The van der Waals surface area contributed by atoms with E-state index in [0.29, 0.717) is 0 Å². The van der Waals surface area contributed by atoms with Gasteiger partial charge in [-0.3, -0.25) is 4.79 Å². The molecule has 0 aromatic carbocycles. The molecule has 1 aromatic rings. The van der Waals surface area contributed by atoms with Gasteiger partial charge in [0.25, 0.3) is 5.91 Å². The highest BCUT2D eigenvalue weighted by atomic mass is 32.2. The minimum Gasteiger partial charge on any atom is -0.351 e. The van der Waals surface area contributed by atoms with E-state index < -0.39 is 0 Å². The number of likely N-dealkylation sites (tertiary alicyclic amines) is 1. The van der Waals surface area contributed by atoms with Gasteiger partial charge in [-0.15, -0.1) is 11.3 Å². The zero-order valence-electron chi connectivity index (χ0n) is 9.96. The van der Waals surface area contributed by atoms with Crippen molar-refractivity contribution in [3.05, 3.63) is 27.3 Å². The van der Waals surface area contributed by atoms with Crippen LogP contribution >= 0.6 is 23.1 Å². The zero-order chi connectivity index (χ0) is 12.4. The van der Waals surface area contributed by atoms with Crippen molar-refractivity contribution in [3.63, 3.8) is 0 Å². The molecule has 1 fully saturated rings. The van der Waals surface area contributed by atoms with Crippen molar-refractivity contribution < 1.29 is 4.79 Å². The summed E-state index contributed by atoms with van der Waals surface area (Å²) in [6.07, 6.45) is 5.65. The molecule has 2 aliphatic heterocycles. The quantitative estimate of drug-likeness (QED) is 0.740. The number of amides is 1. The molecule has 0 bridgehead atoms. The highest BCUT2D eigenvalue weighted by molar-refractivity contribution is 8.18. The molecule has 0 radical (unpaired) electrons. The first kappa shape index (κ1) is 12.0. The summed E-state index contributed by atoms with van der Waals surface area (Å²) in [5.41, 5.74) is 0. The molecule has 3 nitrogen and oxygen atoms in total. The molecule has 0 unspecified atom stereocenters. The van der Waals surface area contributed by atoms with Crippen LogP contribution in [0.4, 0.5) is 0 Å². The molecular weight excluding hydrogens is 264 g/mol. The van der Waals surface area contributed by atoms with Crippen LogP contribution in [-0.2, 0) is 4.79 Å². The molecule has 3 rings (SSSR count). The molecule has 18 heavy (non-hydrogen) atoms. The van der Waals surface area contributed by atoms with Crippen molar-refractivity contribution in [3.8, 4) is 0 Å². The minimum absolute atomic E-state index is 0.0889. The lowest BCUT2D eigenvalue weighted by Crippen LogP contribution is -2.33. The molecule has 0 aliphatic carbocycles. The summed E-state index contributed by atoms with van der Waals surface area (Å²) in [5.74, 6) is -0.0889.